The Hall–Kier alpha value is -1.02. The van der Waals surface area contributed by atoms with Gasteiger partial charge in [0.15, 0.2) is 0 Å². The number of alkyl halides is 1. The van der Waals surface area contributed by atoms with Gasteiger partial charge in [-0.1, -0.05) is 46.3 Å². The molecule has 0 spiro atoms. The highest BCUT2D eigenvalue weighted by Gasteiger charge is 2.03. The molecule has 16 heavy (non-hydrogen) atoms. The standard InChI is InChI=1S/C14H15BrO/c1-11(8-9-15)16-14-7-6-12-4-2-3-5-13(12)10-14/h2-7,10-11H,8-9H2,1H3. The summed E-state index contributed by atoms with van der Waals surface area (Å²) >= 11 is 3.42. The van der Waals surface area contributed by atoms with Gasteiger partial charge in [-0.2, -0.15) is 0 Å². The first-order valence-electron chi connectivity index (χ1n) is 5.51. The molecule has 0 aliphatic rings. The molecule has 1 nitrogen and oxygen atoms in total. The van der Waals surface area contributed by atoms with E-state index in [0.717, 1.165) is 17.5 Å². The van der Waals surface area contributed by atoms with Gasteiger partial charge in [-0.25, -0.2) is 0 Å². The Morgan fingerprint density at radius 3 is 2.62 bits per heavy atom. The van der Waals surface area contributed by atoms with Crippen molar-refractivity contribution in [3.8, 4) is 5.75 Å². The van der Waals surface area contributed by atoms with E-state index in [1.54, 1.807) is 0 Å². The van der Waals surface area contributed by atoms with E-state index >= 15 is 0 Å². The van der Waals surface area contributed by atoms with Crippen molar-refractivity contribution in [2.45, 2.75) is 19.4 Å². The van der Waals surface area contributed by atoms with E-state index in [1.165, 1.54) is 10.8 Å². The summed E-state index contributed by atoms with van der Waals surface area (Å²) in [5.74, 6) is 0.951. The third-order valence-corrected chi connectivity index (χ3v) is 3.03. The maximum Gasteiger partial charge on any atom is 0.120 e. The second kappa shape index (κ2) is 5.35. The normalized spacial score (nSPS) is 12.6. The lowest BCUT2D eigenvalue weighted by Crippen LogP contribution is -2.11. The lowest BCUT2D eigenvalue weighted by molar-refractivity contribution is 0.219. The molecular weight excluding hydrogens is 264 g/mol. The zero-order valence-corrected chi connectivity index (χ0v) is 10.9. The smallest absolute Gasteiger partial charge is 0.120 e. The first-order chi connectivity index (χ1) is 7.79. The summed E-state index contributed by atoms with van der Waals surface area (Å²) in [6, 6.07) is 14.6. The van der Waals surface area contributed by atoms with Crippen LogP contribution in [-0.2, 0) is 0 Å². The van der Waals surface area contributed by atoms with Crippen molar-refractivity contribution >= 4 is 26.7 Å². The highest BCUT2D eigenvalue weighted by molar-refractivity contribution is 9.09. The summed E-state index contributed by atoms with van der Waals surface area (Å²) in [5.41, 5.74) is 0. The van der Waals surface area contributed by atoms with Gasteiger partial charge in [0.25, 0.3) is 0 Å². The Kier molecular flexibility index (Phi) is 3.83. The van der Waals surface area contributed by atoms with Crippen molar-refractivity contribution in [2.75, 3.05) is 5.33 Å². The molecule has 0 bridgehead atoms. The summed E-state index contributed by atoms with van der Waals surface area (Å²) in [4.78, 5) is 0. The molecule has 2 aromatic carbocycles. The molecule has 1 unspecified atom stereocenters. The van der Waals surface area contributed by atoms with Gasteiger partial charge in [0.1, 0.15) is 5.75 Å². The van der Waals surface area contributed by atoms with Crippen LogP contribution >= 0.6 is 15.9 Å². The van der Waals surface area contributed by atoms with Crippen LogP contribution < -0.4 is 4.74 Å². The Bertz CT molecular complexity index is 467. The number of halogens is 1. The first-order valence-corrected chi connectivity index (χ1v) is 6.63. The molecule has 0 aromatic heterocycles. The number of fused-ring (bicyclic) bond motifs is 1. The average molecular weight is 279 g/mol. The van der Waals surface area contributed by atoms with E-state index in [4.69, 9.17) is 4.74 Å². The summed E-state index contributed by atoms with van der Waals surface area (Å²) in [6.45, 7) is 2.09. The predicted octanol–water partition coefficient (Wildman–Crippen LogP) is 4.39. The van der Waals surface area contributed by atoms with Gasteiger partial charge in [-0.05, 0) is 36.2 Å². The monoisotopic (exact) mass is 278 g/mol. The van der Waals surface area contributed by atoms with Gasteiger partial charge in [0.05, 0.1) is 6.10 Å². The Morgan fingerprint density at radius 2 is 1.88 bits per heavy atom. The molecule has 2 aromatic rings. The summed E-state index contributed by atoms with van der Waals surface area (Å²) < 4.78 is 5.83. The molecule has 0 aliphatic heterocycles. The lowest BCUT2D eigenvalue weighted by atomic mass is 10.1. The van der Waals surface area contributed by atoms with Crippen LogP contribution in [-0.4, -0.2) is 11.4 Å². The molecule has 84 valence electrons. The van der Waals surface area contributed by atoms with Gasteiger partial charge in [-0.3, -0.25) is 0 Å². The maximum atomic E-state index is 5.83. The molecule has 0 heterocycles. The van der Waals surface area contributed by atoms with Crippen LogP contribution in [0.15, 0.2) is 42.5 Å². The van der Waals surface area contributed by atoms with Crippen molar-refractivity contribution in [1.29, 1.82) is 0 Å². The fourth-order valence-corrected chi connectivity index (χ4v) is 2.33. The minimum Gasteiger partial charge on any atom is -0.491 e. The molecule has 0 saturated carbocycles. The van der Waals surface area contributed by atoms with Crippen LogP contribution in [0.4, 0.5) is 0 Å². The van der Waals surface area contributed by atoms with Gasteiger partial charge in [0.2, 0.25) is 0 Å². The van der Waals surface area contributed by atoms with Crippen molar-refractivity contribution in [1.82, 2.24) is 0 Å². The van der Waals surface area contributed by atoms with Gasteiger partial charge >= 0.3 is 0 Å². The summed E-state index contributed by atoms with van der Waals surface area (Å²) in [5, 5.41) is 3.45. The Morgan fingerprint density at radius 1 is 1.12 bits per heavy atom. The molecule has 2 rings (SSSR count). The minimum atomic E-state index is 0.250. The Balaban J connectivity index is 2.19. The van der Waals surface area contributed by atoms with Crippen molar-refractivity contribution < 1.29 is 4.74 Å². The van der Waals surface area contributed by atoms with Crippen LogP contribution in [0, 0.1) is 0 Å². The van der Waals surface area contributed by atoms with Crippen molar-refractivity contribution in [3.63, 3.8) is 0 Å². The molecule has 0 N–H and O–H groups in total. The minimum absolute atomic E-state index is 0.250. The zero-order chi connectivity index (χ0) is 11.4. The highest BCUT2D eigenvalue weighted by Crippen LogP contribution is 2.21. The summed E-state index contributed by atoms with van der Waals surface area (Å²) in [6.07, 6.45) is 1.27. The quantitative estimate of drug-likeness (QED) is 0.754. The van der Waals surface area contributed by atoms with E-state index in [1.807, 2.05) is 12.1 Å². The fourth-order valence-electron chi connectivity index (χ4n) is 1.69. The SMILES string of the molecule is CC(CCBr)Oc1ccc2ccccc2c1. The third-order valence-electron chi connectivity index (χ3n) is 2.57. The second-order valence-electron chi connectivity index (χ2n) is 3.92. The Labute approximate surface area is 105 Å². The third kappa shape index (κ3) is 2.76. The van der Waals surface area contributed by atoms with E-state index < -0.39 is 0 Å². The van der Waals surface area contributed by atoms with E-state index in [2.05, 4.69) is 53.2 Å². The van der Waals surface area contributed by atoms with E-state index in [0.29, 0.717) is 0 Å². The lowest BCUT2D eigenvalue weighted by Gasteiger charge is -2.13. The number of rotatable bonds is 4. The topological polar surface area (TPSA) is 9.23 Å². The number of hydrogen-bond acceptors (Lipinski definition) is 1. The highest BCUT2D eigenvalue weighted by atomic mass is 79.9. The van der Waals surface area contributed by atoms with Crippen LogP contribution in [0.1, 0.15) is 13.3 Å². The molecule has 1 atom stereocenters. The van der Waals surface area contributed by atoms with Crippen LogP contribution in [0.3, 0.4) is 0 Å². The molecule has 0 fully saturated rings. The zero-order valence-electron chi connectivity index (χ0n) is 9.32. The molecular formula is C14H15BrO. The number of ether oxygens (including phenoxy) is 1. The number of benzene rings is 2. The number of hydrogen-bond donors (Lipinski definition) is 0. The van der Waals surface area contributed by atoms with Crippen LogP contribution in [0.2, 0.25) is 0 Å². The summed E-state index contributed by atoms with van der Waals surface area (Å²) in [7, 11) is 0. The molecule has 0 radical (unpaired) electrons. The largest absolute Gasteiger partial charge is 0.491 e. The van der Waals surface area contributed by atoms with Gasteiger partial charge in [0, 0.05) is 5.33 Å². The van der Waals surface area contributed by atoms with Crippen LogP contribution in [0.25, 0.3) is 10.8 Å². The van der Waals surface area contributed by atoms with Gasteiger partial charge < -0.3 is 4.74 Å². The predicted molar refractivity (Wildman–Crippen MR) is 72.4 cm³/mol. The average Bonchev–Trinajstić information content (AvgIpc) is 2.29. The first kappa shape index (κ1) is 11.5. The molecule has 0 aliphatic carbocycles. The van der Waals surface area contributed by atoms with E-state index in [9.17, 15) is 0 Å². The van der Waals surface area contributed by atoms with Gasteiger partial charge in [-0.15, -0.1) is 0 Å². The van der Waals surface area contributed by atoms with Crippen molar-refractivity contribution in [2.24, 2.45) is 0 Å². The van der Waals surface area contributed by atoms with E-state index in [-0.39, 0.29) is 6.10 Å². The maximum absolute atomic E-state index is 5.83. The second-order valence-corrected chi connectivity index (χ2v) is 4.71. The molecule has 0 saturated heterocycles. The molecule has 2 heteroatoms. The van der Waals surface area contributed by atoms with Crippen molar-refractivity contribution in [3.05, 3.63) is 42.5 Å². The molecule has 0 amide bonds. The van der Waals surface area contributed by atoms with Crippen LogP contribution in [0.5, 0.6) is 5.75 Å². The fraction of sp³-hybridized carbons (Fsp3) is 0.286.